The van der Waals surface area contributed by atoms with Gasteiger partial charge in [0.25, 0.3) is 0 Å². The number of thioether (sulfide) groups is 1. The summed E-state index contributed by atoms with van der Waals surface area (Å²) in [6, 6.07) is 20.2. The van der Waals surface area contributed by atoms with Crippen LogP contribution in [-0.2, 0) is 22.7 Å². The number of nitrogens with one attached hydrogen (secondary N) is 1. The van der Waals surface area contributed by atoms with E-state index in [1.807, 2.05) is 73.7 Å². The van der Waals surface area contributed by atoms with Crippen LogP contribution in [-0.4, -0.2) is 33.6 Å². The van der Waals surface area contributed by atoms with Crippen molar-refractivity contribution in [3.8, 4) is 11.5 Å². The summed E-state index contributed by atoms with van der Waals surface area (Å²) in [6.07, 6.45) is 0.986. The van der Waals surface area contributed by atoms with Gasteiger partial charge in [-0.2, -0.15) is 4.98 Å². The summed E-state index contributed by atoms with van der Waals surface area (Å²) in [7, 11) is 1.58. The molecule has 1 aromatic heterocycles. The lowest BCUT2D eigenvalue weighted by Gasteiger charge is -2.29. The number of ether oxygens (including phenoxy) is 3. The summed E-state index contributed by atoms with van der Waals surface area (Å²) in [4.78, 5) is 18.4. The van der Waals surface area contributed by atoms with Crippen LogP contribution in [0, 0.1) is 0 Å². The van der Waals surface area contributed by atoms with Gasteiger partial charge in [0.1, 0.15) is 19.3 Å². The van der Waals surface area contributed by atoms with Gasteiger partial charge < -0.3 is 19.5 Å². The van der Waals surface area contributed by atoms with E-state index in [0.717, 1.165) is 28.9 Å². The molecule has 0 fully saturated rings. The van der Waals surface area contributed by atoms with Crippen molar-refractivity contribution >= 4 is 51.2 Å². The van der Waals surface area contributed by atoms with Gasteiger partial charge in [0, 0.05) is 22.0 Å². The van der Waals surface area contributed by atoms with Crippen molar-refractivity contribution in [1.29, 1.82) is 0 Å². The Labute approximate surface area is 262 Å². The first-order valence-electron chi connectivity index (χ1n) is 13.4. The van der Waals surface area contributed by atoms with Crippen molar-refractivity contribution in [3.05, 3.63) is 104 Å². The second kappa shape index (κ2) is 13.7. The Morgan fingerprint density at radius 2 is 1.88 bits per heavy atom. The maximum atomic E-state index is 13.7. The smallest absolute Gasteiger partial charge is 0.338 e. The second-order valence-corrected chi connectivity index (χ2v) is 11.9. The first-order valence-corrected chi connectivity index (χ1v) is 15.6. The fourth-order valence-electron chi connectivity index (χ4n) is 4.56. The number of fused-ring (bicyclic) bond motifs is 1. The molecule has 0 bridgehead atoms. The van der Waals surface area contributed by atoms with E-state index >= 15 is 0 Å². The molecule has 42 heavy (non-hydrogen) atoms. The minimum absolute atomic E-state index is 0.146. The summed E-state index contributed by atoms with van der Waals surface area (Å²) in [6.45, 7) is 4.35. The number of rotatable bonds is 11. The summed E-state index contributed by atoms with van der Waals surface area (Å²) < 4.78 is 20.1. The quantitative estimate of drug-likeness (QED) is 0.128. The monoisotopic (exact) mass is 668 g/mol. The fraction of sp³-hybridized carbons (Fsp3) is 0.258. The SMILES string of the molecule is CCCSc1nc2n(n1)C(c1cc(Br)c(OCc3ccccc3Cl)c(OC)c1)C(C(=O)OCc1ccccc1)=C(C)N2. The Balaban J connectivity index is 1.52. The highest BCUT2D eigenvalue weighted by Crippen LogP contribution is 2.43. The van der Waals surface area contributed by atoms with Gasteiger partial charge in [-0.05, 0) is 58.6 Å². The molecule has 1 aliphatic heterocycles. The molecule has 4 aromatic rings. The predicted octanol–water partition coefficient (Wildman–Crippen LogP) is 7.82. The fourth-order valence-corrected chi connectivity index (χ4v) is 6.01. The molecule has 3 aromatic carbocycles. The summed E-state index contributed by atoms with van der Waals surface area (Å²) in [5, 5.41) is 9.29. The molecule has 0 saturated carbocycles. The molecule has 5 rings (SSSR count). The molecular weight excluding hydrogens is 640 g/mol. The minimum atomic E-state index is -0.629. The predicted molar refractivity (Wildman–Crippen MR) is 168 cm³/mol. The third-order valence-corrected chi connectivity index (χ3v) is 8.60. The van der Waals surface area contributed by atoms with Gasteiger partial charge in [0.05, 0.1) is 17.2 Å². The van der Waals surface area contributed by atoms with E-state index in [1.54, 1.807) is 23.6 Å². The van der Waals surface area contributed by atoms with Crippen LogP contribution < -0.4 is 14.8 Å². The number of carbonyl (C=O) groups excluding carboxylic acids is 1. The Morgan fingerprint density at radius 3 is 2.62 bits per heavy atom. The Hall–Kier alpha value is -3.47. The third kappa shape index (κ3) is 6.61. The van der Waals surface area contributed by atoms with Crippen molar-refractivity contribution in [2.45, 2.75) is 44.7 Å². The van der Waals surface area contributed by atoms with Crippen LogP contribution in [0.2, 0.25) is 5.02 Å². The van der Waals surface area contributed by atoms with Crippen LogP contribution in [0.5, 0.6) is 11.5 Å². The number of halogens is 2. The van der Waals surface area contributed by atoms with Crippen LogP contribution >= 0.6 is 39.3 Å². The van der Waals surface area contributed by atoms with Crippen LogP contribution in [0.25, 0.3) is 0 Å². The molecule has 0 saturated heterocycles. The number of carbonyl (C=O) groups is 1. The average Bonchev–Trinajstić information content (AvgIpc) is 3.40. The van der Waals surface area contributed by atoms with Crippen molar-refractivity contribution in [2.24, 2.45) is 0 Å². The zero-order valence-electron chi connectivity index (χ0n) is 23.4. The van der Waals surface area contributed by atoms with Gasteiger partial charge in [-0.1, -0.05) is 78.8 Å². The number of hydrogen-bond acceptors (Lipinski definition) is 8. The van der Waals surface area contributed by atoms with Crippen LogP contribution in [0.3, 0.4) is 0 Å². The van der Waals surface area contributed by atoms with Crippen molar-refractivity contribution in [1.82, 2.24) is 14.8 Å². The highest BCUT2D eigenvalue weighted by atomic mass is 79.9. The van der Waals surface area contributed by atoms with Gasteiger partial charge >= 0.3 is 5.97 Å². The van der Waals surface area contributed by atoms with Crippen molar-refractivity contribution < 1.29 is 19.0 Å². The molecule has 0 spiro atoms. The molecule has 1 atom stereocenters. The third-order valence-electron chi connectivity index (χ3n) is 6.60. The molecule has 11 heteroatoms. The molecule has 0 radical (unpaired) electrons. The lowest BCUT2D eigenvalue weighted by atomic mass is 9.95. The minimum Gasteiger partial charge on any atom is -0.493 e. The highest BCUT2D eigenvalue weighted by Gasteiger charge is 2.36. The van der Waals surface area contributed by atoms with E-state index < -0.39 is 12.0 Å². The number of hydrogen-bond donors (Lipinski definition) is 1. The number of allylic oxidation sites excluding steroid dienone is 1. The van der Waals surface area contributed by atoms with E-state index in [-0.39, 0.29) is 13.2 Å². The normalized spacial score (nSPS) is 14.3. The van der Waals surface area contributed by atoms with Crippen molar-refractivity contribution in [3.63, 3.8) is 0 Å². The topological polar surface area (TPSA) is 87.5 Å². The van der Waals surface area contributed by atoms with Gasteiger partial charge in [-0.25, -0.2) is 9.48 Å². The first kappa shape index (κ1) is 30.0. The molecule has 218 valence electrons. The van der Waals surface area contributed by atoms with Crippen LogP contribution in [0.15, 0.2) is 87.6 Å². The zero-order chi connectivity index (χ0) is 29.6. The van der Waals surface area contributed by atoms with E-state index in [4.69, 9.17) is 35.9 Å². The summed E-state index contributed by atoms with van der Waals surface area (Å²) >= 11 is 11.6. The Bertz CT molecular complexity index is 1610. The first-order chi connectivity index (χ1) is 20.4. The molecule has 1 N–H and O–H groups in total. The largest absolute Gasteiger partial charge is 0.493 e. The van der Waals surface area contributed by atoms with E-state index in [9.17, 15) is 4.79 Å². The average molecular weight is 670 g/mol. The zero-order valence-corrected chi connectivity index (χ0v) is 26.6. The van der Waals surface area contributed by atoms with Crippen molar-refractivity contribution in [2.75, 3.05) is 18.2 Å². The number of anilines is 1. The highest BCUT2D eigenvalue weighted by molar-refractivity contribution is 9.10. The Kier molecular flexibility index (Phi) is 9.76. The molecule has 0 aliphatic carbocycles. The standard InChI is InChI=1S/C31H30BrClN4O4S/c1-4-14-42-31-35-30-34-19(2)26(29(38)41-17-20-10-6-5-7-11-20)27(37(30)36-31)22-15-23(32)28(25(16-22)39-3)40-18-21-12-8-9-13-24(21)33/h5-13,15-16,27H,4,14,17-18H2,1-3H3,(H,34,35,36). The summed E-state index contributed by atoms with van der Waals surface area (Å²) in [5.74, 6) is 1.98. The maximum absolute atomic E-state index is 13.7. The molecule has 0 amide bonds. The van der Waals surface area contributed by atoms with E-state index in [0.29, 0.717) is 43.4 Å². The number of benzene rings is 3. The maximum Gasteiger partial charge on any atom is 0.338 e. The van der Waals surface area contributed by atoms with Crippen LogP contribution in [0.4, 0.5) is 5.95 Å². The molecule has 1 unspecified atom stereocenters. The molecule has 1 aliphatic rings. The lowest BCUT2D eigenvalue weighted by Crippen LogP contribution is -2.29. The Morgan fingerprint density at radius 1 is 1.12 bits per heavy atom. The number of methoxy groups -OCH3 is 1. The molecule has 8 nitrogen and oxygen atoms in total. The summed E-state index contributed by atoms with van der Waals surface area (Å²) in [5.41, 5.74) is 3.55. The lowest BCUT2D eigenvalue weighted by molar-refractivity contribution is -0.140. The van der Waals surface area contributed by atoms with Gasteiger partial charge in [0.15, 0.2) is 11.5 Å². The van der Waals surface area contributed by atoms with E-state index in [2.05, 4.69) is 28.2 Å². The van der Waals surface area contributed by atoms with Gasteiger partial charge in [-0.3, -0.25) is 0 Å². The number of esters is 1. The van der Waals surface area contributed by atoms with Gasteiger partial charge in [0.2, 0.25) is 11.1 Å². The van der Waals surface area contributed by atoms with E-state index in [1.165, 1.54) is 0 Å². The number of nitrogens with zero attached hydrogens (tertiary/aromatic N) is 3. The van der Waals surface area contributed by atoms with Crippen LogP contribution in [0.1, 0.15) is 43.0 Å². The molecule has 2 heterocycles. The molecular formula is C31H30BrClN4O4S. The second-order valence-electron chi connectivity index (χ2n) is 9.55. The number of aromatic nitrogens is 3. The van der Waals surface area contributed by atoms with Gasteiger partial charge in [-0.15, -0.1) is 5.10 Å².